The lowest BCUT2D eigenvalue weighted by Gasteiger charge is -2.42. The first-order valence-electron chi connectivity index (χ1n) is 8.84. The van der Waals surface area contributed by atoms with Crippen molar-refractivity contribution in [1.29, 1.82) is 0 Å². The average Bonchev–Trinajstić information content (AvgIpc) is 2.55. The number of hydrogen-bond donors (Lipinski definition) is 0. The largest absolute Gasteiger partial charge is 0.296 e. The summed E-state index contributed by atoms with van der Waals surface area (Å²) < 4.78 is 1.10. The van der Waals surface area contributed by atoms with Gasteiger partial charge in [-0.25, -0.2) is 0 Å². The highest BCUT2D eigenvalue weighted by atomic mass is 79.9. The summed E-state index contributed by atoms with van der Waals surface area (Å²) in [7, 11) is 0. The highest BCUT2D eigenvalue weighted by Gasteiger charge is 2.34. The van der Waals surface area contributed by atoms with Crippen LogP contribution in [0.3, 0.4) is 0 Å². The average molecular weight is 438 g/mol. The van der Waals surface area contributed by atoms with Crippen molar-refractivity contribution in [1.82, 2.24) is 4.90 Å². The Labute approximate surface area is 168 Å². The van der Waals surface area contributed by atoms with Crippen LogP contribution in [0, 0.1) is 16.0 Å². The van der Waals surface area contributed by atoms with Gasteiger partial charge in [0.2, 0.25) is 0 Å². The number of hydrogen-bond acceptors (Lipinski definition) is 3. The second-order valence-corrected chi connectivity index (χ2v) is 8.15. The topological polar surface area (TPSA) is 46.4 Å². The van der Waals surface area contributed by atoms with E-state index in [2.05, 4.69) is 45.1 Å². The fourth-order valence-corrected chi connectivity index (χ4v) is 4.86. The van der Waals surface area contributed by atoms with Crippen LogP contribution in [-0.2, 0) is 19.4 Å². The number of benzene rings is 2. The Kier molecular flexibility index (Phi) is 6.00. The molecule has 0 spiro atoms. The predicted octanol–water partition coefficient (Wildman–Crippen LogP) is 5.16. The van der Waals surface area contributed by atoms with Crippen molar-refractivity contribution in [2.24, 2.45) is 5.92 Å². The van der Waals surface area contributed by atoms with Crippen molar-refractivity contribution >= 4 is 34.0 Å². The lowest BCUT2D eigenvalue weighted by Crippen LogP contribution is -2.46. The van der Waals surface area contributed by atoms with Gasteiger partial charge >= 0.3 is 0 Å². The molecule has 2 bridgehead atoms. The Morgan fingerprint density at radius 1 is 1.15 bits per heavy atom. The van der Waals surface area contributed by atoms with Gasteiger partial charge in [-0.3, -0.25) is 15.0 Å². The molecule has 2 aromatic rings. The van der Waals surface area contributed by atoms with Gasteiger partial charge in [0.05, 0.1) is 4.92 Å². The molecular formula is C20H22BrClN2O2. The third-order valence-electron chi connectivity index (χ3n) is 5.59. The van der Waals surface area contributed by atoms with Gasteiger partial charge in [-0.15, -0.1) is 12.4 Å². The summed E-state index contributed by atoms with van der Waals surface area (Å²) >= 11 is 3.55. The molecule has 2 aliphatic heterocycles. The van der Waals surface area contributed by atoms with E-state index in [1.54, 1.807) is 6.07 Å². The Morgan fingerprint density at radius 3 is 2.73 bits per heavy atom. The third kappa shape index (κ3) is 3.95. The van der Waals surface area contributed by atoms with Gasteiger partial charge in [0.25, 0.3) is 5.69 Å². The number of rotatable bonds is 3. The van der Waals surface area contributed by atoms with Crippen LogP contribution in [0.1, 0.15) is 29.5 Å². The second kappa shape index (κ2) is 8.07. The number of halogens is 2. The molecular weight excluding hydrogens is 416 g/mol. The van der Waals surface area contributed by atoms with E-state index in [1.807, 2.05) is 12.1 Å². The maximum Gasteiger partial charge on any atom is 0.272 e. The summed E-state index contributed by atoms with van der Waals surface area (Å²) in [6.45, 7) is 2.00. The molecule has 0 N–H and O–H groups in total. The van der Waals surface area contributed by atoms with Crippen LogP contribution in [0.25, 0.3) is 0 Å². The van der Waals surface area contributed by atoms with E-state index in [0.717, 1.165) is 42.4 Å². The molecule has 1 fully saturated rings. The van der Waals surface area contributed by atoms with Crippen LogP contribution in [0.5, 0.6) is 0 Å². The standard InChI is InChI=1S/C20H21BrN2O2.ClH/c21-17-5-1-3-14(10-17)12-22-13-15-7-8-18(22)11-19-16(9-15)4-2-6-20(19)23(24)25;/h1-6,10,15,18H,7-9,11-13H2;1H. The summed E-state index contributed by atoms with van der Waals surface area (Å²) in [6, 6.07) is 14.4. The van der Waals surface area contributed by atoms with Gasteiger partial charge in [-0.2, -0.15) is 0 Å². The number of nitro benzene ring substituents is 1. The zero-order chi connectivity index (χ0) is 17.4. The van der Waals surface area contributed by atoms with E-state index < -0.39 is 0 Å². The lowest BCUT2D eigenvalue weighted by molar-refractivity contribution is -0.385. The second-order valence-electron chi connectivity index (χ2n) is 7.24. The molecule has 0 amide bonds. The fourth-order valence-electron chi connectivity index (χ4n) is 4.41. The molecule has 0 saturated carbocycles. The maximum absolute atomic E-state index is 11.5. The molecule has 2 aromatic carbocycles. The Hall–Kier alpha value is -1.43. The Morgan fingerprint density at radius 2 is 1.96 bits per heavy atom. The molecule has 1 saturated heterocycles. The predicted molar refractivity (Wildman–Crippen MR) is 109 cm³/mol. The summed E-state index contributed by atoms with van der Waals surface area (Å²) in [4.78, 5) is 13.8. The minimum Gasteiger partial charge on any atom is -0.296 e. The van der Waals surface area contributed by atoms with E-state index in [1.165, 1.54) is 17.5 Å². The minimum atomic E-state index is -0.216. The van der Waals surface area contributed by atoms with Gasteiger partial charge < -0.3 is 0 Å². The fraction of sp³-hybridized carbons (Fsp3) is 0.400. The van der Waals surface area contributed by atoms with Crippen LogP contribution in [0.4, 0.5) is 5.69 Å². The molecule has 0 radical (unpaired) electrons. The van der Waals surface area contributed by atoms with Gasteiger partial charge in [0.15, 0.2) is 0 Å². The lowest BCUT2D eigenvalue weighted by atomic mass is 9.79. The zero-order valence-electron chi connectivity index (χ0n) is 14.4. The summed E-state index contributed by atoms with van der Waals surface area (Å²) in [5, 5.41) is 11.5. The van der Waals surface area contributed by atoms with Crippen molar-refractivity contribution in [3.8, 4) is 0 Å². The number of fused-ring (bicyclic) bond motifs is 2. The molecule has 2 heterocycles. The van der Waals surface area contributed by atoms with Gasteiger partial charge in [0, 0.05) is 35.2 Å². The van der Waals surface area contributed by atoms with Crippen molar-refractivity contribution in [2.45, 2.75) is 38.3 Å². The molecule has 6 heteroatoms. The quantitative estimate of drug-likeness (QED) is 0.492. The molecule has 4 nitrogen and oxygen atoms in total. The van der Waals surface area contributed by atoms with Crippen molar-refractivity contribution in [3.05, 3.63) is 73.7 Å². The first-order chi connectivity index (χ1) is 12.1. The smallest absolute Gasteiger partial charge is 0.272 e. The van der Waals surface area contributed by atoms with Gasteiger partial charge in [-0.1, -0.05) is 40.2 Å². The van der Waals surface area contributed by atoms with E-state index in [-0.39, 0.29) is 17.3 Å². The Balaban J connectivity index is 0.00000196. The highest BCUT2D eigenvalue weighted by Crippen LogP contribution is 2.36. The maximum atomic E-state index is 11.5. The molecule has 138 valence electrons. The van der Waals surface area contributed by atoms with E-state index in [0.29, 0.717) is 17.6 Å². The normalized spacial score (nSPS) is 22.0. The Bertz CT molecular complexity index is 814. The third-order valence-corrected chi connectivity index (χ3v) is 6.08. The molecule has 5 rings (SSSR count). The monoisotopic (exact) mass is 436 g/mol. The van der Waals surface area contributed by atoms with Crippen LogP contribution >= 0.6 is 28.3 Å². The summed E-state index contributed by atoms with van der Waals surface area (Å²) in [5.74, 6) is 0.587. The first-order valence-corrected chi connectivity index (χ1v) is 9.63. The zero-order valence-corrected chi connectivity index (χ0v) is 16.8. The molecule has 1 aliphatic carbocycles. The van der Waals surface area contributed by atoms with Crippen LogP contribution in [0.2, 0.25) is 0 Å². The number of nitro groups is 1. The van der Waals surface area contributed by atoms with E-state index in [4.69, 9.17) is 0 Å². The van der Waals surface area contributed by atoms with Gasteiger partial charge in [-0.05, 0) is 54.9 Å². The van der Waals surface area contributed by atoms with Crippen LogP contribution in [-0.4, -0.2) is 22.4 Å². The molecule has 0 aromatic heterocycles. The van der Waals surface area contributed by atoms with Crippen molar-refractivity contribution in [3.63, 3.8) is 0 Å². The van der Waals surface area contributed by atoms with E-state index in [9.17, 15) is 10.1 Å². The number of piperidine rings is 1. The van der Waals surface area contributed by atoms with Crippen LogP contribution < -0.4 is 0 Å². The molecule has 26 heavy (non-hydrogen) atoms. The minimum absolute atomic E-state index is 0. The van der Waals surface area contributed by atoms with E-state index >= 15 is 0 Å². The van der Waals surface area contributed by atoms with Crippen molar-refractivity contribution in [2.75, 3.05) is 6.54 Å². The number of nitrogens with zero attached hydrogens (tertiary/aromatic N) is 2. The van der Waals surface area contributed by atoms with Gasteiger partial charge in [0.1, 0.15) is 0 Å². The molecule has 2 atom stereocenters. The summed E-state index contributed by atoms with van der Waals surface area (Å²) in [5.41, 5.74) is 3.74. The molecule has 3 aliphatic rings. The highest BCUT2D eigenvalue weighted by molar-refractivity contribution is 9.10. The van der Waals surface area contributed by atoms with Crippen molar-refractivity contribution < 1.29 is 4.92 Å². The SMILES string of the molecule is Cl.O=[N+]([O-])c1cccc2c1CC1CCC(C2)CN1Cc1cccc(Br)c1. The summed E-state index contributed by atoms with van der Waals surface area (Å²) in [6.07, 6.45) is 4.10. The first kappa shape index (κ1) is 19.3. The van der Waals surface area contributed by atoms with Crippen LogP contribution in [0.15, 0.2) is 46.9 Å². The molecule has 2 unspecified atom stereocenters.